The fourth-order valence-corrected chi connectivity index (χ4v) is 1.75. The van der Waals surface area contributed by atoms with Gasteiger partial charge in [0.25, 0.3) is 0 Å². The Morgan fingerprint density at radius 2 is 2.31 bits per heavy atom. The van der Waals surface area contributed by atoms with Crippen molar-refractivity contribution in [2.75, 3.05) is 5.43 Å². The normalized spacial score (nSPS) is 10.4. The van der Waals surface area contributed by atoms with E-state index in [-0.39, 0.29) is 0 Å². The van der Waals surface area contributed by atoms with Gasteiger partial charge >= 0.3 is 0 Å². The van der Waals surface area contributed by atoms with E-state index in [0.29, 0.717) is 23.1 Å². The number of aromatic nitrogens is 3. The number of hydrogen-bond acceptors (Lipinski definition) is 4. The van der Waals surface area contributed by atoms with Crippen LogP contribution in [0.3, 0.4) is 0 Å². The van der Waals surface area contributed by atoms with Crippen LogP contribution in [0, 0.1) is 0 Å². The van der Waals surface area contributed by atoms with Gasteiger partial charge in [-0.3, -0.25) is 4.68 Å². The van der Waals surface area contributed by atoms with Crippen LogP contribution in [0.25, 0.3) is 0 Å². The number of nitrogen functional groups attached to an aromatic ring is 1. The summed E-state index contributed by atoms with van der Waals surface area (Å²) < 4.78 is 2.65. The van der Waals surface area contributed by atoms with E-state index in [1.807, 2.05) is 6.20 Å². The van der Waals surface area contributed by atoms with Crippen LogP contribution < -0.4 is 11.3 Å². The molecule has 84 valence electrons. The van der Waals surface area contributed by atoms with Gasteiger partial charge < -0.3 is 5.43 Å². The maximum Gasteiger partial charge on any atom is 0.140 e. The van der Waals surface area contributed by atoms with Crippen molar-refractivity contribution in [3.05, 3.63) is 39.7 Å². The predicted molar refractivity (Wildman–Crippen MR) is 66.1 cm³/mol. The lowest BCUT2D eigenvalue weighted by atomic mass is 10.3. The van der Waals surface area contributed by atoms with Crippen molar-refractivity contribution < 1.29 is 0 Å². The molecule has 2 aromatic heterocycles. The molecule has 0 aliphatic rings. The van der Waals surface area contributed by atoms with Gasteiger partial charge in [-0.25, -0.2) is 10.8 Å². The molecule has 0 amide bonds. The van der Waals surface area contributed by atoms with Crippen LogP contribution in [-0.2, 0) is 6.54 Å². The highest BCUT2D eigenvalue weighted by Gasteiger charge is 2.05. The fourth-order valence-electron chi connectivity index (χ4n) is 1.25. The molecule has 16 heavy (non-hydrogen) atoms. The van der Waals surface area contributed by atoms with Crippen molar-refractivity contribution in [2.24, 2.45) is 5.84 Å². The summed E-state index contributed by atoms with van der Waals surface area (Å²) in [7, 11) is 0. The van der Waals surface area contributed by atoms with Gasteiger partial charge in [0.1, 0.15) is 5.82 Å². The molecule has 0 aliphatic heterocycles. The molecule has 0 saturated carbocycles. The molecular weight excluding hydrogens is 293 g/mol. The molecule has 2 rings (SSSR count). The number of anilines is 1. The molecule has 2 aromatic rings. The third-order valence-corrected chi connectivity index (χ3v) is 2.73. The molecular formula is C9H9BrClN5. The van der Waals surface area contributed by atoms with Gasteiger partial charge in [-0.15, -0.1) is 0 Å². The van der Waals surface area contributed by atoms with Gasteiger partial charge in [0, 0.05) is 6.20 Å². The summed E-state index contributed by atoms with van der Waals surface area (Å²) in [6.45, 7) is 0.500. The Labute approximate surface area is 106 Å². The molecule has 0 fully saturated rings. The Kier molecular flexibility index (Phi) is 3.42. The van der Waals surface area contributed by atoms with Crippen LogP contribution in [0.5, 0.6) is 0 Å². The molecule has 3 N–H and O–H groups in total. The third-order valence-electron chi connectivity index (χ3n) is 1.98. The second kappa shape index (κ2) is 4.82. The number of halogens is 2. The van der Waals surface area contributed by atoms with Gasteiger partial charge in [0.15, 0.2) is 0 Å². The van der Waals surface area contributed by atoms with Gasteiger partial charge in [0.2, 0.25) is 0 Å². The first-order valence-electron chi connectivity index (χ1n) is 4.49. The van der Waals surface area contributed by atoms with Crippen molar-refractivity contribution in [3.8, 4) is 0 Å². The number of rotatable bonds is 3. The van der Waals surface area contributed by atoms with E-state index in [0.717, 1.165) is 4.47 Å². The lowest BCUT2D eigenvalue weighted by Crippen LogP contribution is -2.11. The lowest BCUT2D eigenvalue weighted by Gasteiger charge is -2.06. The SMILES string of the molecule is NNc1ccc(Cl)c(Cn2cc(Br)cn2)n1. The predicted octanol–water partition coefficient (Wildman–Crippen LogP) is 2.03. The second-order valence-corrected chi connectivity index (χ2v) is 4.45. The molecule has 0 atom stereocenters. The van der Waals surface area contributed by atoms with E-state index < -0.39 is 0 Å². The number of nitrogens with two attached hydrogens (primary N) is 1. The minimum atomic E-state index is 0.500. The van der Waals surface area contributed by atoms with Crippen LogP contribution >= 0.6 is 27.5 Å². The standard InChI is InChI=1S/C9H9BrClN5/c10-6-3-13-16(4-6)5-8-7(11)1-2-9(14-8)15-12/h1-4H,5,12H2,(H,14,15). The van der Waals surface area contributed by atoms with Crippen molar-refractivity contribution in [2.45, 2.75) is 6.54 Å². The minimum Gasteiger partial charge on any atom is -0.308 e. The number of nitrogens with one attached hydrogen (secondary N) is 1. The zero-order valence-electron chi connectivity index (χ0n) is 8.19. The monoisotopic (exact) mass is 301 g/mol. The highest BCUT2D eigenvalue weighted by atomic mass is 79.9. The summed E-state index contributed by atoms with van der Waals surface area (Å²) in [6.07, 6.45) is 3.56. The van der Waals surface area contributed by atoms with E-state index in [1.54, 1.807) is 23.0 Å². The first-order chi connectivity index (χ1) is 7.69. The average molecular weight is 303 g/mol. The molecule has 0 aliphatic carbocycles. The van der Waals surface area contributed by atoms with E-state index in [2.05, 4.69) is 31.4 Å². The first-order valence-corrected chi connectivity index (χ1v) is 5.66. The Balaban J connectivity index is 2.26. The Morgan fingerprint density at radius 1 is 1.50 bits per heavy atom. The van der Waals surface area contributed by atoms with Gasteiger partial charge in [-0.05, 0) is 28.1 Å². The Hall–Kier alpha value is -1.11. The maximum absolute atomic E-state index is 6.03. The fraction of sp³-hybridized carbons (Fsp3) is 0.111. The van der Waals surface area contributed by atoms with Gasteiger partial charge in [0.05, 0.1) is 27.9 Å². The van der Waals surface area contributed by atoms with Crippen molar-refractivity contribution in [3.63, 3.8) is 0 Å². The van der Waals surface area contributed by atoms with Crippen LogP contribution in [0.4, 0.5) is 5.82 Å². The van der Waals surface area contributed by atoms with Gasteiger partial charge in [-0.2, -0.15) is 5.10 Å². The highest BCUT2D eigenvalue weighted by molar-refractivity contribution is 9.10. The quantitative estimate of drug-likeness (QED) is 0.672. The zero-order valence-corrected chi connectivity index (χ0v) is 10.5. The molecule has 7 heteroatoms. The minimum absolute atomic E-state index is 0.500. The molecule has 5 nitrogen and oxygen atoms in total. The third kappa shape index (κ3) is 2.52. The summed E-state index contributed by atoms with van der Waals surface area (Å²) >= 11 is 9.35. The smallest absolute Gasteiger partial charge is 0.140 e. The Bertz CT molecular complexity index is 498. The summed E-state index contributed by atoms with van der Waals surface area (Å²) in [5.41, 5.74) is 3.19. The topological polar surface area (TPSA) is 68.8 Å². The van der Waals surface area contributed by atoms with Crippen LogP contribution in [0.15, 0.2) is 29.0 Å². The van der Waals surface area contributed by atoms with Gasteiger partial charge in [-0.1, -0.05) is 11.6 Å². The number of pyridine rings is 1. The Morgan fingerprint density at radius 3 is 2.94 bits per heavy atom. The zero-order chi connectivity index (χ0) is 11.5. The number of hydrazine groups is 1. The molecule has 0 aromatic carbocycles. The second-order valence-electron chi connectivity index (χ2n) is 3.13. The first kappa shape index (κ1) is 11.4. The molecule has 0 unspecified atom stereocenters. The van der Waals surface area contributed by atoms with Crippen molar-refractivity contribution >= 4 is 33.3 Å². The summed E-state index contributed by atoms with van der Waals surface area (Å²) in [6, 6.07) is 3.46. The molecule has 0 bridgehead atoms. The van der Waals surface area contributed by atoms with E-state index in [4.69, 9.17) is 17.4 Å². The van der Waals surface area contributed by atoms with Crippen LogP contribution in [-0.4, -0.2) is 14.8 Å². The van der Waals surface area contributed by atoms with Crippen LogP contribution in [0.1, 0.15) is 5.69 Å². The van der Waals surface area contributed by atoms with E-state index in [9.17, 15) is 0 Å². The average Bonchev–Trinajstić information content (AvgIpc) is 2.67. The molecule has 0 saturated heterocycles. The number of nitrogens with zero attached hydrogens (tertiary/aromatic N) is 3. The number of hydrogen-bond donors (Lipinski definition) is 2. The molecule has 2 heterocycles. The maximum atomic E-state index is 6.03. The lowest BCUT2D eigenvalue weighted by molar-refractivity contribution is 0.673. The van der Waals surface area contributed by atoms with Crippen LogP contribution in [0.2, 0.25) is 5.02 Å². The summed E-state index contributed by atoms with van der Waals surface area (Å²) in [4.78, 5) is 4.25. The molecule has 0 spiro atoms. The van der Waals surface area contributed by atoms with Crippen molar-refractivity contribution in [1.82, 2.24) is 14.8 Å². The van der Waals surface area contributed by atoms with Crippen molar-refractivity contribution in [1.29, 1.82) is 0 Å². The van der Waals surface area contributed by atoms with E-state index >= 15 is 0 Å². The molecule has 0 radical (unpaired) electrons. The largest absolute Gasteiger partial charge is 0.308 e. The summed E-state index contributed by atoms with van der Waals surface area (Å²) in [5, 5.41) is 4.72. The van der Waals surface area contributed by atoms with E-state index in [1.165, 1.54) is 0 Å². The highest BCUT2D eigenvalue weighted by Crippen LogP contribution is 2.17. The summed E-state index contributed by atoms with van der Waals surface area (Å²) in [5.74, 6) is 5.86.